The summed E-state index contributed by atoms with van der Waals surface area (Å²) in [5, 5.41) is 0. The van der Waals surface area contributed by atoms with Crippen molar-refractivity contribution >= 4 is 7.52 Å². The second-order valence-electron chi connectivity index (χ2n) is 0.752. The summed E-state index contributed by atoms with van der Waals surface area (Å²) in [6.45, 7) is 0. The van der Waals surface area contributed by atoms with Crippen LogP contribution in [0.5, 0.6) is 0 Å². The van der Waals surface area contributed by atoms with Crippen molar-refractivity contribution < 1.29 is 9.46 Å². The smallest absolute Gasteiger partial charge is 0.324 e. The number of hydrogen-bond acceptors (Lipinski definition) is 1. The minimum absolute atomic E-state index is 1.49. The van der Waals surface area contributed by atoms with Crippen LogP contribution in [0, 0.1) is 12.1 Å². The lowest BCUT2D eigenvalue weighted by Gasteiger charge is -1.85. The Morgan fingerprint density at radius 1 is 2.00 bits per heavy atom. The predicted octanol–water partition coefficient (Wildman–Crippen LogP) is -0.279. The highest BCUT2D eigenvalue weighted by molar-refractivity contribution is 7.60. The molecule has 6 heavy (non-hydrogen) atoms. The van der Waals surface area contributed by atoms with E-state index >= 15 is 0 Å². The summed E-state index contributed by atoms with van der Waals surface area (Å²) < 4.78 is 9.68. The third-order valence-corrected chi connectivity index (χ3v) is 0.555. The van der Waals surface area contributed by atoms with Crippen molar-refractivity contribution in [1.82, 2.24) is 0 Å². The van der Waals surface area contributed by atoms with Crippen molar-refractivity contribution in [3.8, 4) is 12.1 Å². The van der Waals surface area contributed by atoms with Crippen LogP contribution in [0.4, 0.5) is 0 Å². The predicted molar refractivity (Wildman–Crippen MR) is 22.8 cm³/mol. The zero-order chi connectivity index (χ0) is 5.21. The Morgan fingerprint density at radius 3 is 2.17 bits per heavy atom. The van der Waals surface area contributed by atoms with E-state index in [0.29, 0.717) is 0 Å². The van der Waals surface area contributed by atoms with Gasteiger partial charge in [-0.1, -0.05) is 0 Å². The minimum Gasteiger partial charge on any atom is -0.324 e. The molecule has 0 aromatic carbocycles. The maximum atomic E-state index is 9.68. The zero-order valence-electron chi connectivity index (χ0n) is 2.96. The molecule has 0 spiro atoms. The van der Waals surface area contributed by atoms with E-state index in [0.717, 1.165) is 0 Å². The van der Waals surface area contributed by atoms with Gasteiger partial charge in [-0.2, -0.15) is 0 Å². The van der Waals surface area contributed by atoms with E-state index in [2.05, 4.69) is 11.9 Å². The highest BCUT2D eigenvalue weighted by atomic mass is 31.2. The van der Waals surface area contributed by atoms with Crippen molar-refractivity contribution in [3.63, 3.8) is 0 Å². The van der Waals surface area contributed by atoms with Crippen LogP contribution in [0.25, 0.3) is 0 Å². The Balaban J connectivity index is 3.94. The average molecular weight is 105 g/mol. The van der Waals surface area contributed by atoms with E-state index in [-0.39, 0.29) is 0 Å². The molecule has 0 bridgehead atoms. The third kappa shape index (κ3) is 3.71. The van der Waals surface area contributed by atoms with Crippen LogP contribution in [0.2, 0.25) is 0 Å². The first-order valence-electron chi connectivity index (χ1n) is 1.15. The van der Waals surface area contributed by atoms with Crippen LogP contribution in [-0.2, 0) is 4.57 Å². The molecule has 0 aliphatic rings. The molecule has 3 N–H and O–H groups in total. The van der Waals surface area contributed by atoms with E-state index in [1.807, 2.05) is 0 Å². The Morgan fingerprint density at radius 2 is 2.17 bits per heavy atom. The molecule has 0 aliphatic heterocycles. The second kappa shape index (κ2) is 1.44. The molecule has 1 atom stereocenters. The summed E-state index contributed by atoms with van der Waals surface area (Å²) >= 11 is 0. The maximum Gasteiger partial charge on any atom is 0.337 e. The fourth-order valence-corrected chi connectivity index (χ4v) is 0. The summed E-state index contributed by atoms with van der Waals surface area (Å²) in [6.07, 6.45) is 4.42. The van der Waals surface area contributed by atoms with E-state index in [4.69, 9.17) is 4.89 Å². The molecule has 0 radical (unpaired) electrons. The molecule has 0 saturated carbocycles. The summed E-state index contributed by atoms with van der Waals surface area (Å²) in [7, 11) is -3.62. The van der Waals surface area contributed by atoms with Crippen LogP contribution in [0.15, 0.2) is 0 Å². The minimum atomic E-state index is -3.62. The molecule has 0 aliphatic carbocycles. The molecule has 0 amide bonds. The quantitative estimate of drug-likeness (QED) is 0.329. The Labute approximate surface area is 35.7 Å². The lowest BCUT2D eigenvalue weighted by Crippen LogP contribution is -1.85. The largest absolute Gasteiger partial charge is 0.337 e. The number of terminal acetylenes is 1. The number of hydrogen-bond donors (Lipinski definition) is 2. The molecule has 4 heteroatoms. The van der Waals surface area contributed by atoms with Gasteiger partial charge in [0.15, 0.2) is 0 Å². The normalized spacial score (nSPS) is 18.2. The van der Waals surface area contributed by atoms with Crippen LogP contribution in [0.1, 0.15) is 0 Å². The van der Waals surface area contributed by atoms with Gasteiger partial charge < -0.3 is 4.89 Å². The monoisotopic (exact) mass is 105 g/mol. The van der Waals surface area contributed by atoms with Gasteiger partial charge in [-0.25, -0.2) is 5.50 Å². The number of rotatable bonds is 0. The molecule has 1 unspecified atom stereocenters. The maximum absolute atomic E-state index is 9.68. The van der Waals surface area contributed by atoms with Gasteiger partial charge >= 0.3 is 7.52 Å². The summed E-state index contributed by atoms with van der Waals surface area (Å²) in [6, 6.07) is 0. The lowest BCUT2D eigenvalue weighted by atomic mass is 11.4. The van der Waals surface area contributed by atoms with Crippen molar-refractivity contribution in [1.29, 1.82) is 0 Å². The van der Waals surface area contributed by atoms with E-state index in [1.165, 1.54) is 5.66 Å². The van der Waals surface area contributed by atoms with E-state index in [9.17, 15) is 4.57 Å². The third-order valence-electron chi connectivity index (χ3n) is 0.185. The van der Waals surface area contributed by atoms with Gasteiger partial charge in [-0.05, 0) is 0 Å². The van der Waals surface area contributed by atoms with Crippen molar-refractivity contribution in [3.05, 3.63) is 0 Å². The fourth-order valence-electron chi connectivity index (χ4n) is 0. The van der Waals surface area contributed by atoms with Gasteiger partial charge in [-0.3, -0.25) is 4.57 Å². The standard InChI is InChI=1S/C2H4NO2P/c1-2-6(3,4)5/h1H,(H3,3,4,5). The molecule has 0 fully saturated rings. The van der Waals surface area contributed by atoms with Crippen molar-refractivity contribution in [2.24, 2.45) is 5.50 Å². The topological polar surface area (TPSA) is 63.3 Å². The Kier molecular flexibility index (Phi) is 1.37. The molecular formula is C2H4NO2P. The van der Waals surface area contributed by atoms with Crippen LogP contribution >= 0.6 is 7.52 Å². The Bertz CT molecular complexity index is 118. The molecule has 0 saturated heterocycles. The van der Waals surface area contributed by atoms with E-state index in [1.54, 1.807) is 0 Å². The summed E-state index contributed by atoms with van der Waals surface area (Å²) in [5.41, 5.74) is 5.90. The first kappa shape index (κ1) is 5.71. The van der Waals surface area contributed by atoms with Crippen LogP contribution in [0.3, 0.4) is 0 Å². The van der Waals surface area contributed by atoms with Crippen LogP contribution in [-0.4, -0.2) is 4.89 Å². The molecule has 3 nitrogen and oxygen atoms in total. The first-order chi connectivity index (χ1) is 2.56. The van der Waals surface area contributed by atoms with E-state index < -0.39 is 7.52 Å². The highest BCUT2D eigenvalue weighted by Crippen LogP contribution is 2.25. The second-order valence-corrected chi connectivity index (χ2v) is 2.26. The van der Waals surface area contributed by atoms with Crippen molar-refractivity contribution in [2.45, 2.75) is 0 Å². The summed E-state index contributed by atoms with van der Waals surface area (Å²) in [4.78, 5) is 7.92. The first-order valence-corrected chi connectivity index (χ1v) is 2.88. The molecular weight excluding hydrogens is 101 g/mol. The molecule has 0 aromatic rings. The highest BCUT2D eigenvalue weighted by Gasteiger charge is 1.99. The molecule has 34 valence electrons. The fraction of sp³-hybridized carbons (Fsp3) is 0. The molecule has 0 heterocycles. The van der Waals surface area contributed by atoms with Gasteiger partial charge in [0.25, 0.3) is 0 Å². The van der Waals surface area contributed by atoms with Gasteiger partial charge in [0.05, 0.1) is 0 Å². The molecule has 0 rings (SSSR count). The Hall–Kier alpha value is -0.290. The van der Waals surface area contributed by atoms with Gasteiger partial charge in [-0.15, -0.1) is 6.42 Å². The summed E-state index contributed by atoms with van der Waals surface area (Å²) in [5.74, 6) is 0. The van der Waals surface area contributed by atoms with Gasteiger partial charge in [0.1, 0.15) is 0 Å². The molecule has 0 aromatic heterocycles. The van der Waals surface area contributed by atoms with Gasteiger partial charge in [0, 0.05) is 5.66 Å². The van der Waals surface area contributed by atoms with Crippen LogP contribution < -0.4 is 5.50 Å². The number of nitrogens with two attached hydrogens (primary N) is 1. The average Bonchev–Trinajstić information content (AvgIpc) is 1.35. The van der Waals surface area contributed by atoms with Gasteiger partial charge in [0.2, 0.25) is 0 Å². The lowest BCUT2D eigenvalue weighted by molar-refractivity contribution is 0.492. The van der Waals surface area contributed by atoms with Crippen molar-refractivity contribution in [2.75, 3.05) is 0 Å². The zero-order valence-corrected chi connectivity index (χ0v) is 3.85. The SMILES string of the molecule is C#CP(N)(=O)O.